The number of hydrogen-bond acceptors (Lipinski definition) is 6. The SMILES string of the molecule is CCN1CC[C@@H](Oc2cc(NS(=O)(=O)c3ccc(OC)c(OC)c3)ccc2Cl)C1. The number of nitrogens with zero attached hydrogens (tertiary/aromatic N) is 1. The van der Waals surface area contributed by atoms with Gasteiger partial charge in [-0.1, -0.05) is 18.5 Å². The summed E-state index contributed by atoms with van der Waals surface area (Å²) in [6, 6.07) is 9.23. The molecule has 29 heavy (non-hydrogen) atoms. The zero-order valence-corrected chi connectivity index (χ0v) is 18.2. The number of likely N-dealkylation sites (N-methyl/N-ethyl adjacent to an activating group) is 1. The van der Waals surface area contributed by atoms with Crippen LogP contribution in [0.25, 0.3) is 0 Å². The van der Waals surface area contributed by atoms with Gasteiger partial charge in [-0.15, -0.1) is 0 Å². The highest BCUT2D eigenvalue weighted by atomic mass is 35.5. The number of halogens is 1. The minimum absolute atomic E-state index is 0.0326. The lowest BCUT2D eigenvalue weighted by Gasteiger charge is -2.17. The molecule has 0 unspecified atom stereocenters. The second kappa shape index (κ2) is 9.11. The van der Waals surface area contributed by atoms with E-state index in [1.807, 2.05) is 0 Å². The van der Waals surface area contributed by atoms with Crippen LogP contribution in [-0.4, -0.2) is 53.3 Å². The Bertz CT molecular complexity index is 967. The monoisotopic (exact) mass is 440 g/mol. The van der Waals surface area contributed by atoms with Crippen molar-refractivity contribution in [1.82, 2.24) is 4.90 Å². The van der Waals surface area contributed by atoms with Gasteiger partial charge >= 0.3 is 0 Å². The highest BCUT2D eigenvalue weighted by Crippen LogP contribution is 2.33. The second-order valence-corrected chi connectivity index (χ2v) is 8.78. The van der Waals surface area contributed by atoms with Gasteiger partial charge in [-0.2, -0.15) is 0 Å². The van der Waals surface area contributed by atoms with Crippen LogP contribution >= 0.6 is 11.6 Å². The molecule has 2 aromatic carbocycles. The van der Waals surface area contributed by atoms with Crippen LogP contribution in [0.15, 0.2) is 41.3 Å². The third kappa shape index (κ3) is 5.07. The number of sulfonamides is 1. The first-order valence-corrected chi connectivity index (χ1v) is 11.2. The van der Waals surface area contributed by atoms with Gasteiger partial charge in [-0.3, -0.25) is 9.62 Å². The summed E-state index contributed by atoms with van der Waals surface area (Å²) in [5, 5.41) is 0.439. The van der Waals surface area contributed by atoms with Crippen molar-refractivity contribution in [3.05, 3.63) is 41.4 Å². The van der Waals surface area contributed by atoms with E-state index in [4.69, 9.17) is 25.8 Å². The van der Waals surface area contributed by atoms with Crippen molar-refractivity contribution >= 4 is 27.3 Å². The second-order valence-electron chi connectivity index (χ2n) is 6.69. The fourth-order valence-corrected chi connectivity index (χ4v) is 4.44. The molecule has 0 bridgehead atoms. The van der Waals surface area contributed by atoms with Gasteiger partial charge in [-0.05, 0) is 37.2 Å². The molecule has 1 N–H and O–H groups in total. The summed E-state index contributed by atoms with van der Waals surface area (Å²) in [6.45, 7) is 4.89. The average Bonchev–Trinajstić information content (AvgIpc) is 3.17. The zero-order valence-electron chi connectivity index (χ0n) is 16.6. The molecule has 158 valence electrons. The molecule has 0 aromatic heterocycles. The summed E-state index contributed by atoms with van der Waals surface area (Å²) < 4.78 is 44.5. The number of likely N-dealkylation sites (tertiary alicyclic amines) is 1. The maximum absolute atomic E-state index is 12.8. The van der Waals surface area contributed by atoms with Crippen molar-refractivity contribution in [2.24, 2.45) is 0 Å². The molecular formula is C20H25ClN2O5S. The van der Waals surface area contributed by atoms with E-state index in [-0.39, 0.29) is 11.0 Å². The van der Waals surface area contributed by atoms with E-state index in [0.717, 1.165) is 26.1 Å². The molecule has 0 radical (unpaired) electrons. The summed E-state index contributed by atoms with van der Waals surface area (Å²) in [6.07, 6.45) is 0.941. The fourth-order valence-electron chi connectivity index (χ4n) is 3.22. The molecule has 2 aromatic rings. The van der Waals surface area contributed by atoms with Crippen LogP contribution in [0.4, 0.5) is 5.69 Å². The minimum atomic E-state index is -3.83. The molecule has 3 rings (SSSR count). The maximum Gasteiger partial charge on any atom is 0.262 e. The van der Waals surface area contributed by atoms with Crippen molar-refractivity contribution in [2.75, 3.05) is 38.6 Å². The van der Waals surface area contributed by atoms with Crippen LogP contribution in [0.3, 0.4) is 0 Å². The Morgan fingerprint density at radius 2 is 1.86 bits per heavy atom. The molecule has 1 fully saturated rings. The van der Waals surface area contributed by atoms with Crippen LogP contribution in [0.5, 0.6) is 17.2 Å². The van der Waals surface area contributed by atoms with Gasteiger partial charge in [0.25, 0.3) is 10.0 Å². The van der Waals surface area contributed by atoms with E-state index in [1.165, 1.54) is 26.4 Å². The lowest BCUT2D eigenvalue weighted by Crippen LogP contribution is -2.24. The van der Waals surface area contributed by atoms with E-state index in [2.05, 4.69) is 16.5 Å². The Morgan fingerprint density at radius 3 is 2.52 bits per heavy atom. The van der Waals surface area contributed by atoms with Gasteiger partial charge in [-0.25, -0.2) is 8.42 Å². The highest BCUT2D eigenvalue weighted by Gasteiger charge is 2.24. The Labute approximate surface area is 176 Å². The van der Waals surface area contributed by atoms with Gasteiger partial charge in [0.1, 0.15) is 11.9 Å². The molecule has 1 atom stereocenters. The Balaban J connectivity index is 1.79. The topological polar surface area (TPSA) is 77.1 Å². The molecule has 7 nitrogen and oxygen atoms in total. The van der Waals surface area contributed by atoms with Gasteiger partial charge in [0.2, 0.25) is 0 Å². The number of hydrogen-bond donors (Lipinski definition) is 1. The molecule has 1 aliphatic rings. The first-order chi connectivity index (χ1) is 13.9. The van der Waals surface area contributed by atoms with Crippen molar-refractivity contribution in [3.8, 4) is 17.2 Å². The third-order valence-electron chi connectivity index (χ3n) is 4.82. The normalized spacial score (nSPS) is 17.2. The van der Waals surface area contributed by atoms with Crippen LogP contribution in [0.1, 0.15) is 13.3 Å². The summed E-state index contributed by atoms with van der Waals surface area (Å²) in [4.78, 5) is 2.35. The molecular weight excluding hydrogens is 416 g/mol. The average molecular weight is 441 g/mol. The summed E-state index contributed by atoms with van der Waals surface area (Å²) in [5.41, 5.74) is 0.365. The van der Waals surface area contributed by atoms with Gasteiger partial charge in [0, 0.05) is 25.2 Å². The van der Waals surface area contributed by atoms with Crippen LogP contribution in [0, 0.1) is 0 Å². The molecule has 9 heteroatoms. The highest BCUT2D eigenvalue weighted by molar-refractivity contribution is 7.92. The molecule has 0 spiro atoms. The molecule has 0 aliphatic carbocycles. The smallest absolute Gasteiger partial charge is 0.262 e. The Kier molecular flexibility index (Phi) is 6.77. The van der Waals surface area contributed by atoms with E-state index in [0.29, 0.717) is 28.0 Å². The molecule has 1 saturated heterocycles. The number of methoxy groups -OCH3 is 2. The predicted octanol–water partition coefficient (Wildman–Crippen LogP) is 3.63. The summed E-state index contributed by atoms with van der Waals surface area (Å²) in [5.74, 6) is 1.24. The summed E-state index contributed by atoms with van der Waals surface area (Å²) >= 11 is 6.26. The third-order valence-corrected chi connectivity index (χ3v) is 6.51. The lowest BCUT2D eigenvalue weighted by atomic mass is 10.3. The molecule has 0 amide bonds. The van der Waals surface area contributed by atoms with E-state index in [9.17, 15) is 8.42 Å². The Hall–Kier alpha value is -2.16. The van der Waals surface area contributed by atoms with Crippen LogP contribution in [0.2, 0.25) is 5.02 Å². The van der Waals surface area contributed by atoms with Crippen LogP contribution < -0.4 is 18.9 Å². The molecule has 1 heterocycles. The maximum atomic E-state index is 12.8. The van der Waals surface area contributed by atoms with Crippen molar-refractivity contribution in [1.29, 1.82) is 0 Å². The van der Waals surface area contributed by atoms with Crippen molar-refractivity contribution < 1.29 is 22.6 Å². The zero-order chi connectivity index (χ0) is 21.0. The molecule has 0 saturated carbocycles. The summed E-state index contributed by atoms with van der Waals surface area (Å²) in [7, 11) is -0.892. The van der Waals surface area contributed by atoms with Crippen molar-refractivity contribution in [2.45, 2.75) is 24.3 Å². The number of ether oxygens (including phenoxy) is 3. The quantitative estimate of drug-likeness (QED) is 0.675. The standard InChI is InChI=1S/C20H25ClN2O5S/c1-4-23-10-9-15(13-23)28-19-11-14(5-7-17(19)21)22-29(24,25)16-6-8-18(26-2)20(12-16)27-3/h5-8,11-12,15,22H,4,9-10,13H2,1-3H3/t15-/m1/s1. The Morgan fingerprint density at radius 1 is 1.10 bits per heavy atom. The van der Waals surface area contributed by atoms with Gasteiger partial charge < -0.3 is 14.2 Å². The number of benzene rings is 2. The van der Waals surface area contributed by atoms with E-state index in [1.54, 1.807) is 24.3 Å². The number of anilines is 1. The van der Waals surface area contributed by atoms with E-state index >= 15 is 0 Å². The largest absolute Gasteiger partial charge is 0.493 e. The molecule has 1 aliphatic heterocycles. The van der Waals surface area contributed by atoms with Crippen molar-refractivity contribution in [3.63, 3.8) is 0 Å². The minimum Gasteiger partial charge on any atom is -0.493 e. The fraction of sp³-hybridized carbons (Fsp3) is 0.400. The van der Waals surface area contributed by atoms with Gasteiger partial charge in [0.05, 0.1) is 29.8 Å². The predicted molar refractivity (Wildman–Crippen MR) is 113 cm³/mol. The van der Waals surface area contributed by atoms with Gasteiger partial charge in [0.15, 0.2) is 11.5 Å². The van der Waals surface area contributed by atoms with Crippen LogP contribution in [-0.2, 0) is 10.0 Å². The van der Waals surface area contributed by atoms with E-state index < -0.39 is 10.0 Å². The number of rotatable bonds is 8. The lowest BCUT2D eigenvalue weighted by molar-refractivity contribution is 0.203. The first kappa shape index (κ1) is 21.5. The first-order valence-electron chi connectivity index (χ1n) is 9.29. The number of nitrogens with one attached hydrogen (secondary N) is 1.